The lowest BCUT2D eigenvalue weighted by Crippen LogP contribution is -2.31. The minimum Gasteiger partial charge on any atom is -0.481 e. The van der Waals surface area contributed by atoms with Crippen molar-refractivity contribution in [2.45, 2.75) is 38.6 Å². The van der Waals surface area contributed by atoms with Gasteiger partial charge < -0.3 is 15.5 Å². The van der Waals surface area contributed by atoms with Crippen LogP contribution < -0.4 is 5.32 Å². The molecule has 21 heavy (non-hydrogen) atoms. The Balaban J connectivity index is 2.05. The molecule has 2 aliphatic rings. The Morgan fingerprint density at radius 1 is 1.38 bits per heavy atom. The van der Waals surface area contributed by atoms with Gasteiger partial charge in [0.2, 0.25) is 0 Å². The zero-order valence-electron chi connectivity index (χ0n) is 12.5. The summed E-state index contributed by atoms with van der Waals surface area (Å²) in [6.45, 7) is 4.44. The first-order valence-electron chi connectivity index (χ1n) is 7.40. The van der Waals surface area contributed by atoms with E-state index in [0.717, 1.165) is 25.0 Å². The molecule has 2 fully saturated rings. The third-order valence-electron chi connectivity index (χ3n) is 4.79. The molecule has 3 unspecified atom stereocenters. The van der Waals surface area contributed by atoms with Gasteiger partial charge in [-0.2, -0.15) is 0 Å². The zero-order chi connectivity index (χ0) is 15.6. The summed E-state index contributed by atoms with van der Waals surface area (Å²) in [7, 11) is 0. The van der Waals surface area contributed by atoms with Crippen LogP contribution in [-0.2, 0) is 9.59 Å². The molecule has 1 saturated carbocycles. The van der Waals surface area contributed by atoms with E-state index in [4.69, 9.17) is 10.2 Å². The van der Waals surface area contributed by atoms with Crippen molar-refractivity contribution in [3.8, 4) is 0 Å². The molecule has 2 rings (SSSR count). The number of nitrogens with one attached hydrogen (secondary N) is 1. The van der Waals surface area contributed by atoms with Crippen LogP contribution in [0.5, 0.6) is 0 Å². The summed E-state index contributed by atoms with van der Waals surface area (Å²) in [6.07, 6.45) is 7.64. The molecule has 0 bridgehead atoms. The zero-order valence-corrected chi connectivity index (χ0v) is 12.5. The molecular weight excluding hydrogens is 270 g/mol. The van der Waals surface area contributed by atoms with E-state index >= 15 is 0 Å². The Labute approximate surface area is 124 Å². The molecule has 0 amide bonds. The quantitative estimate of drug-likeness (QED) is 0.652. The van der Waals surface area contributed by atoms with E-state index < -0.39 is 17.9 Å². The van der Waals surface area contributed by atoms with Gasteiger partial charge in [-0.3, -0.25) is 9.59 Å². The van der Waals surface area contributed by atoms with Crippen molar-refractivity contribution in [3.63, 3.8) is 0 Å². The molecule has 1 heterocycles. The van der Waals surface area contributed by atoms with Gasteiger partial charge in [-0.1, -0.05) is 23.8 Å². The first kappa shape index (κ1) is 15.8. The van der Waals surface area contributed by atoms with Gasteiger partial charge in [0, 0.05) is 12.1 Å². The van der Waals surface area contributed by atoms with Crippen molar-refractivity contribution in [2.75, 3.05) is 6.54 Å². The number of rotatable bonds is 6. The van der Waals surface area contributed by atoms with Gasteiger partial charge in [0.25, 0.3) is 0 Å². The summed E-state index contributed by atoms with van der Waals surface area (Å²) in [4.78, 5) is 21.8. The van der Waals surface area contributed by atoms with Crippen molar-refractivity contribution in [3.05, 3.63) is 23.8 Å². The van der Waals surface area contributed by atoms with Gasteiger partial charge in [-0.15, -0.1) is 0 Å². The predicted molar refractivity (Wildman–Crippen MR) is 78.9 cm³/mol. The van der Waals surface area contributed by atoms with E-state index in [2.05, 4.69) is 5.32 Å². The molecule has 1 saturated heterocycles. The fourth-order valence-electron chi connectivity index (χ4n) is 3.24. The number of carbonyl (C=O) groups is 2. The Bertz CT molecular complexity index is 491. The molecule has 5 nitrogen and oxygen atoms in total. The van der Waals surface area contributed by atoms with Crippen molar-refractivity contribution < 1.29 is 19.8 Å². The highest BCUT2D eigenvalue weighted by molar-refractivity contribution is 5.71. The third-order valence-corrected chi connectivity index (χ3v) is 4.79. The van der Waals surface area contributed by atoms with Crippen LogP contribution in [0.15, 0.2) is 23.8 Å². The molecule has 1 aliphatic heterocycles. The van der Waals surface area contributed by atoms with Crippen LogP contribution in [0.2, 0.25) is 0 Å². The fraction of sp³-hybridized carbons (Fsp3) is 0.625. The van der Waals surface area contributed by atoms with Crippen LogP contribution in [0.3, 0.4) is 0 Å². The number of carboxylic acids is 2. The Morgan fingerprint density at radius 2 is 2.05 bits per heavy atom. The predicted octanol–water partition coefficient (Wildman–Crippen LogP) is 2.05. The van der Waals surface area contributed by atoms with Gasteiger partial charge in [0.05, 0.1) is 12.3 Å². The Morgan fingerprint density at radius 3 is 2.57 bits per heavy atom. The number of hydrogen-bond acceptors (Lipinski definition) is 3. The Hall–Kier alpha value is -1.62. The molecule has 5 heteroatoms. The lowest BCUT2D eigenvalue weighted by Gasteiger charge is -2.22. The molecule has 3 atom stereocenters. The minimum absolute atomic E-state index is 0.0379. The molecule has 0 aromatic heterocycles. The first-order valence-corrected chi connectivity index (χ1v) is 7.40. The number of carboxylic acid groups (broad SMARTS) is 2. The smallest absolute Gasteiger partial charge is 0.310 e. The van der Waals surface area contributed by atoms with Gasteiger partial charge in [0.15, 0.2) is 0 Å². The van der Waals surface area contributed by atoms with Crippen LogP contribution in [0.1, 0.15) is 33.1 Å². The summed E-state index contributed by atoms with van der Waals surface area (Å²) < 4.78 is 0. The standard InChI is InChI=1S/C16H23NO4/c1-10(4-3-5-11(2)15(20)21)12-9-17-16(6-7-16)13(12)8-14(18)19/h3-5,11-13,17H,6-9H2,1-2H3,(H,18,19)(H,20,21)/b5-3-,10-4+. The maximum absolute atomic E-state index is 11.1. The molecule has 1 aliphatic carbocycles. The molecule has 0 aromatic rings. The molecule has 116 valence electrons. The maximum Gasteiger partial charge on any atom is 0.310 e. The van der Waals surface area contributed by atoms with Gasteiger partial charge in [-0.05, 0) is 38.5 Å². The van der Waals surface area contributed by atoms with Crippen molar-refractivity contribution >= 4 is 11.9 Å². The van der Waals surface area contributed by atoms with Crippen molar-refractivity contribution in [1.29, 1.82) is 0 Å². The SMILES string of the molecule is C/C(=C\C=C/C(C)C(=O)O)C1CNC2(CC2)C1CC(=O)O. The normalized spacial score (nSPS) is 29.0. The highest BCUT2D eigenvalue weighted by Crippen LogP contribution is 2.52. The molecular formula is C16H23NO4. The highest BCUT2D eigenvalue weighted by Gasteiger charge is 2.56. The number of aliphatic carboxylic acids is 2. The summed E-state index contributed by atoms with van der Waals surface area (Å²) >= 11 is 0. The van der Waals surface area contributed by atoms with Gasteiger partial charge >= 0.3 is 11.9 Å². The summed E-state index contributed by atoms with van der Waals surface area (Å²) in [6, 6.07) is 0. The topological polar surface area (TPSA) is 86.6 Å². The number of hydrogen-bond donors (Lipinski definition) is 3. The molecule has 1 spiro atoms. The van der Waals surface area contributed by atoms with Crippen LogP contribution in [-0.4, -0.2) is 34.2 Å². The van der Waals surface area contributed by atoms with E-state index in [0.29, 0.717) is 0 Å². The van der Waals surface area contributed by atoms with Crippen molar-refractivity contribution in [2.24, 2.45) is 17.8 Å². The van der Waals surface area contributed by atoms with Gasteiger partial charge in [-0.25, -0.2) is 0 Å². The van der Waals surface area contributed by atoms with Crippen LogP contribution in [0.4, 0.5) is 0 Å². The highest BCUT2D eigenvalue weighted by atomic mass is 16.4. The van der Waals surface area contributed by atoms with Crippen LogP contribution >= 0.6 is 0 Å². The lowest BCUT2D eigenvalue weighted by molar-refractivity contribution is -0.140. The van der Waals surface area contributed by atoms with E-state index in [-0.39, 0.29) is 23.8 Å². The average molecular weight is 293 g/mol. The minimum atomic E-state index is -0.847. The molecule has 0 radical (unpaired) electrons. The van der Waals surface area contributed by atoms with Crippen molar-refractivity contribution in [1.82, 2.24) is 5.32 Å². The summed E-state index contributed by atoms with van der Waals surface area (Å²) in [5.74, 6) is -1.76. The average Bonchev–Trinajstić information content (AvgIpc) is 3.09. The Kier molecular flexibility index (Phi) is 4.52. The fourth-order valence-corrected chi connectivity index (χ4v) is 3.24. The first-order chi connectivity index (χ1) is 9.85. The van der Waals surface area contributed by atoms with E-state index in [1.807, 2.05) is 13.0 Å². The second-order valence-corrected chi connectivity index (χ2v) is 6.27. The second kappa shape index (κ2) is 6.02. The van der Waals surface area contributed by atoms with Gasteiger partial charge in [0.1, 0.15) is 0 Å². The summed E-state index contributed by atoms with van der Waals surface area (Å²) in [5.41, 5.74) is 1.15. The van der Waals surface area contributed by atoms with Crippen LogP contribution in [0, 0.1) is 17.8 Å². The molecule has 3 N–H and O–H groups in total. The largest absolute Gasteiger partial charge is 0.481 e. The van der Waals surface area contributed by atoms with E-state index in [1.54, 1.807) is 19.1 Å². The second-order valence-electron chi connectivity index (χ2n) is 6.27. The van der Waals surface area contributed by atoms with Crippen LogP contribution in [0.25, 0.3) is 0 Å². The lowest BCUT2D eigenvalue weighted by atomic mass is 9.81. The monoisotopic (exact) mass is 293 g/mol. The molecule has 0 aromatic carbocycles. The maximum atomic E-state index is 11.1. The number of allylic oxidation sites excluding steroid dienone is 2. The van der Waals surface area contributed by atoms with E-state index in [1.165, 1.54) is 0 Å². The summed E-state index contributed by atoms with van der Waals surface area (Å²) in [5, 5.41) is 21.4. The third kappa shape index (κ3) is 3.53. The van der Waals surface area contributed by atoms with E-state index in [9.17, 15) is 9.59 Å².